The number of rotatable bonds is 5. The molecule has 1 aromatic carbocycles. The lowest BCUT2D eigenvalue weighted by Gasteiger charge is -2.34. The van der Waals surface area contributed by atoms with Crippen LogP contribution in [-0.2, 0) is 14.8 Å². The van der Waals surface area contributed by atoms with Crippen molar-refractivity contribution < 1.29 is 18.1 Å². The lowest BCUT2D eigenvalue weighted by molar-refractivity contribution is -0.384. The Morgan fingerprint density at radius 2 is 1.74 bits per heavy atom. The summed E-state index contributed by atoms with van der Waals surface area (Å²) >= 11 is 0. The lowest BCUT2D eigenvalue weighted by Crippen LogP contribution is -2.50. The van der Waals surface area contributed by atoms with Gasteiger partial charge in [-0.05, 0) is 12.1 Å². The number of carbonyl (C=O) groups excluding carboxylic acids is 1. The van der Waals surface area contributed by atoms with E-state index in [0.29, 0.717) is 13.1 Å². The molecule has 1 amide bonds. The van der Waals surface area contributed by atoms with Crippen LogP contribution in [0.2, 0.25) is 0 Å². The number of nitrogens with zero attached hydrogens (tertiary/aromatic N) is 3. The molecule has 0 atom stereocenters. The standard InChI is InChI=1S/C13H18N4O5S/c14-6-5-13(18)15-7-9-16(10-8-15)23(21,22)12-3-1-11(2-4-12)17(19)20/h1-4H,5-10,14H2. The highest BCUT2D eigenvalue weighted by Crippen LogP contribution is 2.20. The zero-order valence-electron chi connectivity index (χ0n) is 12.4. The molecule has 0 spiro atoms. The summed E-state index contributed by atoms with van der Waals surface area (Å²) in [4.78, 5) is 23.4. The number of hydrogen-bond acceptors (Lipinski definition) is 6. The molecule has 126 valence electrons. The maximum Gasteiger partial charge on any atom is 0.269 e. The quantitative estimate of drug-likeness (QED) is 0.582. The Morgan fingerprint density at radius 3 is 2.22 bits per heavy atom. The molecule has 0 bridgehead atoms. The van der Waals surface area contributed by atoms with Crippen LogP contribution in [0.5, 0.6) is 0 Å². The average molecular weight is 342 g/mol. The van der Waals surface area contributed by atoms with Crippen LogP contribution in [0.25, 0.3) is 0 Å². The molecule has 2 rings (SSSR count). The Balaban J connectivity index is 2.07. The molecule has 1 aliphatic rings. The summed E-state index contributed by atoms with van der Waals surface area (Å²) < 4.78 is 26.3. The molecular weight excluding hydrogens is 324 g/mol. The van der Waals surface area contributed by atoms with E-state index in [1.807, 2.05) is 0 Å². The number of hydrogen-bond donors (Lipinski definition) is 1. The second-order valence-corrected chi connectivity index (χ2v) is 7.01. The summed E-state index contributed by atoms with van der Waals surface area (Å²) in [6.07, 6.45) is 0.245. The molecule has 23 heavy (non-hydrogen) atoms. The maximum atomic E-state index is 12.5. The van der Waals surface area contributed by atoms with Crippen LogP contribution in [0.3, 0.4) is 0 Å². The summed E-state index contributed by atoms with van der Waals surface area (Å²) in [6.45, 7) is 1.27. The summed E-state index contributed by atoms with van der Waals surface area (Å²) in [5, 5.41) is 10.6. The normalized spacial score (nSPS) is 16.3. The summed E-state index contributed by atoms with van der Waals surface area (Å²) in [5.74, 6) is -0.0834. The molecule has 0 saturated carbocycles. The van der Waals surface area contributed by atoms with Crippen LogP contribution in [0.1, 0.15) is 6.42 Å². The monoisotopic (exact) mass is 342 g/mol. The minimum absolute atomic E-state index is 0.00448. The van der Waals surface area contributed by atoms with Crippen molar-refractivity contribution in [2.45, 2.75) is 11.3 Å². The molecular formula is C13H18N4O5S. The Kier molecular flexibility index (Phi) is 5.29. The number of non-ortho nitro benzene ring substituents is 1. The van der Waals surface area contributed by atoms with Crippen LogP contribution in [0, 0.1) is 10.1 Å². The highest BCUT2D eigenvalue weighted by atomic mass is 32.2. The third-order valence-corrected chi connectivity index (χ3v) is 5.55. The van der Waals surface area contributed by atoms with Crippen LogP contribution >= 0.6 is 0 Å². The van der Waals surface area contributed by atoms with Crippen molar-refractivity contribution >= 4 is 21.6 Å². The second kappa shape index (κ2) is 7.02. The van der Waals surface area contributed by atoms with E-state index >= 15 is 0 Å². The Labute approximate surface area is 133 Å². The first kappa shape index (κ1) is 17.3. The Hall–Kier alpha value is -2.04. The highest BCUT2D eigenvalue weighted by molar-refractivity contribution is 7.89. The van der Waals surface area contributed by atoms with E-state index in [4.69, 9.17) is 5.73 Å². The van der Waals surface area contributed by atoms with Gasteiger partial charge in [0.1, 0.15) is 0 Å². The number of nitro groups is 1. The molecule has 0 aliphatic carbocycles. The number of nitro benzene ring substituents is 1. The molecule has 1 aliphatic heterocycles. The van der Waals surface area contributed by atoms with Gasteiger partial charge in [0.2, 0.25) is 15.9 Å². The Bertz CT molecular complexity index is 681. The molecule has 10 heteroatoms. The van der Waals surface area contributed by atoms with Crippen molar-refractivity contribution in [2.24, 2.45) is 5.73 Å². The van der Waals surface area contributed by atoms with Gasteiger partial charge in [-0.1, -0.05) is 0 Å². The van der Waals surface area contributed by atoms with Crippen molar-refractivity contribution in [3.63, 3.8) is 0 Å². The number of benzene rings is 1. The first-order valence-electron chi connectivity index (χ1n) is 7.08. The minimum Gasteiger partial charge on any atom is -0.340 e. The van der Waals surface area contributed by atoms with Crippen LogP contribution in [-0.4, -0.2) is 61.2 Å². The highest BCUT2D eigenvalue weighted by Gasteiger charge is 2.30. The molecule has 1 saturated heterocycles. The van der Waals surface area contributed by atoms with Crippen LogP contribution in [0.4, 0.5) is 5.69 Å². The van der Waals surface area contributed by atoms with Crippen molar-refractivity contribution in [3.05, 3.63) is 34.4 Å². The van der Waals surface area contributed by atoms with Gasteiger partial charge in [0, 0.05) is 51.3 Å². The molecule has 0 unspecified atom stereocenters. The molecule has 2 N–H and O–H groups in total. The van der Waals surface area contributed by atoms with Crippen molar-refractivity contribution in [2.75, 3.05) is 32.7 Å². The van der Waals surface area contributed by atoms with Crippen molar-refractivity contribution in [1.82, 2.24) is 9.21 Å². The third kappa shape index (κ3) is 3.84. The second-order valence-electron chi connectivity index (χ2n) is 5.07. The van der Waals surface area contributed by atoms with Gasteiger partial charge in [-0.25, -0.2) is 8.42 Å². The van der Waals surface area contributed by atoms with E-state index in [2.05, 4.69) is 0 Å². The van der Waals surface area contributed by atoms with Crippen molar-refractivity contribution in [3.8, 4) is 0 Å². The zero-order valence-corrected chi connectivity index (χ0v) is 13.2. The summed E-state index contributed by atoms with van der Waals surface area (Å²) in [5.41, 5.74) is 5.17. The zero-order chi connectivity index (χ0) is 17.0. The molecule has 9 nitrogen and oxygen atoms in total. The molecule has 0 radical (unpaired) electrons. The smallest absolute Gasteiger partial charge is 0.269 e. The fourth-order valence-corrected chi connectivity index (χ4v) is 3.77. The van der Waals surface area contributed by atoms with Gasteiger partial charge in [0.05, 0.1) is 9.82 Å². The van der Waals surface area contributed by atoms with Crippen molar-refractivity contribution in [1.29, 1.82) is 0 Å². The van der Waals surface area contributed by atoms with Gasteiger partial charge >= 0.3 is 0 Å². The van der Waals surface area contributed by atoms with E-state index in [1.165, 1.54) is 16.4 Å². The van der Waals surface area contributed by atoms with E-state index in [0.717, 1.165) is 12.1 Å². The largest absolute Gasteiger partial charge is 0.340 e. The first-order chi connectivity index (χ1) is 10.9. The SMILES string of the molecule is NCCC(=O)N1CCN(S(=O)(=O)c2ccc([N+](=O)[O-])cc2)CC1. The number of piperazine rings is 1. The van der Waals surface area contributed by atoms with Gasteiger partial charge in [0.25, 0.3) is 5.69 Å². The summed E-state index contributed by atoms with van der Waals surface area (Å²) in [6, 6.07) is 4.76. The molecule has 1 aromatic rings. The van der Waals surface area contributed by atoms with Crippen LogP contribution < -0.4 is 5.73 Å². The molecule has 1 fully saturated rings. The maximum absolute atomic E-state index is 12.5. The van der Waals surface area contributed by atoms with E-state index in [1.54, 1.807) is 4.90 Å². The Morgan fingerprint density at radius 1 is 1.17 bits per heavy atom. The third-order valence-electron chi connectivity index (χ3n) is 3.63. The number of nitrogens with two attached hydrogens (primary N) is 1. The summed E-state index contributed by atoms with van der Waals surface area (Å²) in [7, 11) is -3.72. The minimum atomic E-state index is -3.72. The van der Waals surface area contributed by atoms with E-state index in [9.17, 15) is 23.3 Å². The average Bonchev–Trinajstić information content (AvgIpc) is 2.55. The van der Waals surface area contributed by atoms with Gasteiger partial charge in [-0.15, -0.1) is 0 Å². The number of carbonyl (C=O) groups is 1. The molecule has 0 aromatic heterocycles. The van der Waals surface area contributed by atoms with Gasteiger partial charge < -0.3 is 10.6 Å². The van der Waals surface area contributed by atoms with Gasteiger partial charge in [-0.3, -0.25) is 14.9 Å². The molecule has 1 heterocycles. The first-order valence-corrected chi connectivity index (χ1v) is 8.52. The fraction of sp³-hybridized carbons (Fsp3) is 0.462. The van der Waals surface area contributed by atoms with Gasteiger partial charge in [-0.2, -0.15) is 4.31 Å². The number of amides is 1. The lowest BCUT2D eigenvalue weighted by atomic mass is 10.3. The fourth-order valence-electron chi connectivity index (χ4n) is 2.35. The predicted octanol–water partition coefficient (Wildman–Crippen LogP) is -0.223. The van der Waals surface area contributed by atoms with Gasteiger partial charge in [0.15, 0.2) is 0 Å². The van der Waals surface area contributed by atoms with E-state index in [-0.39, 0.29) is 42.5 Å². The predicted molar refractivity (Wildman–Crippen MR) is 82.1 cm³/mol. The topological polar surface area (TPSA) is 127 Å². The number of sulfonamides is 1. The van der Waals surface area contributed by atoms with E-state index < -0.39 is 14.9 Å². The van der Waals surface area contributed by atoms with Crippen LogP contribution in [0.15, 0.2) is 29.2 Å².